The van der Waals surface area contributed by atoms with Gasteiger partial charge in [-0.05, 0) is 24.6 Å². The molecular weight excluding hydrogens is 174 g/mol. The molecule has 12 heavy (non-hydrogen) atoms. The molecule has 0 bridgehead atoms. The molecular formula is C8H13NO2S. The lowest BCUT2D eigenvalue weighted by Gasteiger charge is -2.01. The van der Waals surface area contributed by atoms with Gasteiger partial charge in [0.2, 0.25) is 0 Å². The average molecular weight is 187 g/mol. The molecule has 3 N–H and O–H groups in total. The van der Waals surface area contributed by atoms with Crippen LogP contribution in [0.25, 0.3) is 0 Å². The fraction of sp³-hybridized carbons (Fsp3) is 0.250. The van der Waals surface area contributed by atoms with E-state index in [9.17, 15) is 4.21 Å². The van der Waals surface area contributed by atoms with E-state index in [1.807, 2.05) is 31.2 Å². The zero-order chi connectivity index (χ0) is 8.27. The van der Waals surface area contributed by atoms with E-state index in [1.54, 1.807) is 6.26 Å². The topological polar surface area (TPSA) is 60.6 Å². The standard InChI is InChI=1S/C8H11NOS.H2O/c1-7-4-3-5-8(6-7)9-11(2)10;/h3-6,9H,1-2H3;1H2. The molecule has 0 amide bonds. The molecule has 0 aliphatic carbocycles. The first kappa shape index (κ1) is 11.1. The van der Waals surface area contributed by atoms with Crippen LogP contribution in [0.15, 0.2) is 24.3 Å². The van der Waals surface area contributed by atoms with Crippen LogP contribution < -0.4 is 4.72 Å². The van der Waals surface area contributed by atoms with E-state index in [2.05, 4.69) is 4.72 Å². The van der Waals surface area contributed by atoms with Gasteiger partial charge in [0.05, 0.1) is 0 Å². The van der Waals surface area contributed by atoms with Crippen molar-refractivity contribution in [3.8, 4) is 0 Å². The van der Waals surface area contributed by atoms with E-state index < -0.39 is 11.0 Å². The Hall–Kier alpha value is -0.870. The summed E-state index contributed by atoms with van der Waals surface area (Å²) in [6.07, 6.45) is 1.61. The van der Waals surface area contributed by atoms with Crippen molar-refractivity contribution in [2.45, 2.75) is 6.92 Å². The highest BCUT2D eigenvalue weighted by molar-refractivity contribution is 7.85. The quantitative estimate of drug-likeness (QED) is 0.734. The molecule has 68 valence electrons. The van der Waals surface area contributed by atoms with E-state index in [1.165, 1.54) is 5.56 Å². The molecule has 4 heteroatoms. The highest BCUT2D eigenvalue weighted by atomic mass is 32.2. The summed E-state index contributed by atoms with van der Waals surface area (Å²) < 4.78 is 13.5. The monoisotopic (exact) mass is 187 g/mol. The van der Waals surface area contributed by atoms with Crippen LogP contribution in [0.4, 0.5) is 5.69 Å². The third kappa shape index (κ3) is 3.50. The molecule has 0 radical (unpaired) electrons. The summed E-state index contributed by atoms with van der Waals surface area (Å²) in [7, 11) is -0.975. The predicted octanol–water partition coefficient (Wildman–Crippen LogP) is 0.876. The van der Waals surface area contributed by atoms with E-state index in [4.69, 9.17) is 0 Å². The second-order valence-electron chi connectivity index (χ2n) is 2.43. The van der Waals surface area contributed by atoms with Gasteiger partial charge in [-0.2, -0.15) is 0 Å². The molecule has 0 heterocycles. The second-order valence-corrected chi connectivity index (χ2v) is 3.54. The Balaban J connectivity index is 0.00000121. The number of anilines is 1. The van der Waals surface area contributed by atoms with Crippen LogP contribution in [-0.2, 0) is 11.0 Å². The predicted molar refractivity (Wildman–Crippen MR) is 52.5 cm³/mol. The van der Waals surface area contributed by atoms with Gasteiger partial charge in [-0.1, -0.05) is 12.1 Å². The van der Waals surface area contributed by atoms with Crippen molar-refractivity contribution < 1.29 is 9.69 Å². The van der Waals surface area contributed by atoms with Crippen molar-refractivity contribution in [3.63, 3.8) is 0 Å². The van der Waals surface area contributed by atoms with Gasteiger partial charge in [-0.3, -0.25) is 0 Å². The van der Waals surface area contributed by atoms with Crippen LogP contribution in [-0.4, -0.2) is 15.9 Å². The van der Waals surface area contributed by atoms with Crippen molar-refractivity contribution in [1.29, 1.82) is 0 Å². The number of benzene rings is 1. The molecule has 0 saturated heterocycles. The molecule has 1 rings (SSSR count). The van der Waals surface area contributed by atoms with Crippen molar-refractivity contribution in [1.82, 2.24) is 0 Å². The summed E-state index contributed by atoms with van der Waals surface area (Å²) >= 11 is 0. The highest BCUT2D eigenvalue weighted by Gasteiger charge is 1.91. The van der Waals surface area contributed by atoms with Gasteiger partial charge in [-0.15, -0.1) is 0 Å². The zero-order valence-electron chi connectivity index (χ0n) is 7.13. The van der Waals surface area contributed by atoms with Gasteiger partial charge in [0.15, 0.2) is 0 Å². The van der Waals surface area contributed by atoms with Crippen LogP contribution in [0, 0.1) is 6.92 Å². The number of hydrogen-bond acceptors (Lipinski definition) is 1. The molecule has 0 aliphatic heterocycles. The summed E-state index contributed by atoms with van der Waals surface area (Å²) in [4.78, 5) is 0. The van der Waals surface area contributed by atoms with E-state index >= 15 is 0 Å². The molecule has 0 aliphatic rings. The van der Waals surface area contributed by atoms with Crippen LogP contribution in [0.2, 0.25) is 0 Å². The normalized spacial score (nSPS) is 11.5. The fourth-order valence-electron chi connectivity index (χ4n) is 0.875. The van der Waals surface area contributed by atoms with Gasteiger partial charge in [0, 0.05) is 11.9 Å². The summed E-state index contributed by atoms with van der Waals surface area (Å²) in [5.74, 6) is 0. The van der Waals surface area contributed by atoms with Gasteiger partial charge in [-0.25, -0.2) is 4.21 Å². The highest BCUT2D eigenvalue weighted by Crippen LogP contribution is 2.09. The third-order valence-corrected chi connectivity index (χ3v) is 1.80. The molecule has 0 aromatic heterocycles. The smallest absolute Gasteiger partial charge is 0.113 e. The van der Waals surface area contributed by atoms with Crippen molar-refractivity contribution in [3.05, 3.63) is 29.8 Å². The first-order chi connectivity index (χ1) is 5.18. The lowest BCUT2D eigenvalue weighted by Crippen LogP contribution is -2.00. The maximum atomic E-state index is 10.7. The molecule has 3 nitrogen and oxygen atoms in total. The van der Waals surface area contributed by atoms with Gasteiger partial charge >= 0.3 is 0 Å². The van der Waals surface area contributed by atoms with Crippen molar-refractivity contribution in [2.24, 2.45) is 0 Å². The summed E-state index contributed by atoms with van der Waals surface area (Å²) in [5.41, 5.74) is 2.08. The molecule has 1 unspecified atom stereocenters. The average Bonchev–Trinajstić information content (AvgIpc) is 1.85. The Morgan fingerprint density at radius 1 is 1.42 bits per heavy atom. The fourth-order valence-corrected chi connectivity index (χ4v) is 1.33. The maximum Gasteiger partial charge on any atom is 0.113 e. The maximum absolute atomic E-state index is 10.7. The number of aryl methyl sites for hydroxylation is 1. The van der Waals surface area contributed by atoms with Crippen LogP contribution in [0.5, 0.6) is 0 Å². The first-order valence-electron chi connectivity index (χ1n) is 3.35. The minimum Gasteiger partial charge on any atom is -0.412 e. The Morgan fingerprint density at radius 3 is 2.58 bits per heavy atom. The third-order valence-electron chi connectivity index (χ3n) is 1.28. The zero-order valence-corrected chi connectivity index (χ0v) is 7.94. The van der Waals surface area contributed by atoms with E-state index in [-0.39, 0.29) is 5.48 Å². The number of hydrogen-bond donors (Lipinski definition) is 1. The summed E-state index contributed by atoms with van der Waals surface area (Å²) in [6, 6.07) is 7.80. The van der Waals surface area contributed by atoms with Gasteiger partial charge < -0.3 is 10.2 Å². The Labute approximate surface area is 74.7 Å². The van der Waals surface area contributed by atoms with Crippen molar-refractivity contribution >= 4 is 16.7 Å². The van der Waals surface area contributed by atoms with Gasteiger partial charge in [0.25, 0.3) is 0 Å². The van der Waals surface area contributed by atoms with Crippen LogP contribution >= 0.6 is 0 Å². The molecule has 0 spiro atoms. The number of rotatable bonds is 2. The van der Waals surface area contributed by atoms with Crippen LogP contribution in [0.1, 0.15) is 5.56 Å². The molecule has 1 aromatic carbocycles. The first-order valence-corrected chi connectivity index (χ1v) is 4.91. The summed E-state index contributed by atoms with van der Waals surface area (Å²) in [5, 5.41) is 0. The molecule has 0 fully saturated rings. The van der Waals surface area contributed by atoms with E-state index in [0.717, 1.165) is 5.69 Å². The minimum absolute atomic E-state index is 0. The van der Waals surface area contributed by atoms with Crippen molar-refractivity contribution in [2.75, 3.05) is 11.0 Å². The Morgan fingerprint density at radius 2 is 2.08 bits per heavy atom. The SMILES string of the molecule is Cc1cccc(NS(C)=O)c1.O. The van der Waals surface area contributed by atoms with Crippen LogP contribution in [0.3, 0.4) is 0 Å². The molecule has 0 saturated carbocycles. The summed E-state index contributed by atoms with van der Waals surface area (Å²) in [6.45, 7) is 2.00. The minimum atomic E-state index is -0.975. The largest absolute Gasteiger partial charge is 0.412 e. The second kappa shape index (κ2) is 4.90. The Bertz CT molecular complexity index is 276. The molecule has 1 aromatic rings. The molecule has 1 atom stereocenters. The lowest BCUT2D eigenvalue weighted by atomic mass is 10.2. The lowest BCUT2D eigenvalue weighted by molar-refractivity contribution is 0.690. The van der Waals surface area contributed by atoms with E-state index in [0.29, 0.717) is 0 Å². The number of nitrogens with one attached hydrogen (secondary N) is 1. The Kier molecular flexibility index (Phi) is 4.54. The van der Waals surface area contributed by atoms with Gasteiger partial charge in [0.1, 0.15) is 11.0 Å².